The van der Waals surface area contributed by atoms with Crippen LogP contribution in [0.3, 0.4) is 0 Å². The molecule has 5 rings (SSSR count). The second kappa shape index (κ2) is 7.97. The van der Waals surface area contributed by atoms with Crippen LogP contribution in [0.5, 0.6) is 5.75 Å². The lowest BCUT2D eigenvalue weighted by Crippen LogP contribution is -2.39. The molecule has 7 heteroatoms. The number of thiazole rings is 1. The second-order valence-corrected chi connectivity index (χ2v) is 9.61. The molecule has 3 heterocycles. The fourth-order valence-corrected chi connectivity index (χ4v) is 5.45. The lowest BCUT2D eigenvalue weighted by molar-refractivity contribution is 0.0486. The highest BCUT2D eigenvalue weighted by Gasteiger charge is 2.36. The highest BCUT2D eigenvalue weighted by Crippen LogP contribution is 2.34. The molecule has 5 nitrogen and oxygen atoms in total. The predicted molar refractivity (Wildman–Crippen MR) is 117 cm³/mol. The number of aromatic nitrogens is 1. The van der Waals surface area contributed by atoms with Gasteiger partial charge in [-0.3, -0.25) is 4.79 Å². The maximum Gasteiger partial charge on any atom is 0.254 e. The number of benzene rings is 2. The Labute approximate surface area is 177 Å². The smallest absolute Gasteiger partial charge is 0.254 e. The molecule has 1 amide bonds. The fraction of sp³-hybridized carbons (Fsp3) is 0.364. The van der Waals surface area contributed by atoms with Crippen molar-refractivity contribution in [2.75, 3.05) is 18.1 Å². The van der Waals surface area contributed by atoms with E-state index in [1.165, 1.54) is 11.3 Å². The van der Waals surface area contributed by atoms with Crippen molar-refractivity contribution in [1.29, 1.82) is 0 Å². The van der Waals surface area contributed by atoms with Crippen molar-refractivity contribution in [3.8, 4) is 5.75 Å². The molecule has 2 aromatic carbocycles. The van der Waals surface area contributed by atoms with Crippen LogP contribution in [0, 0.1) is 0 Å². The van der Waals surface area contributed by atoms with Crippen molar-refractivity contribution in [3.63, 3.8) is 0 Å². The molecule has 2 aliphatic rings. The summed E-state index contributed by atoms with van der Waals surface area (Å²) < 4.78 is 6.92. The molecular weight excluding hydrogens is 404 g/mol. The number of aliphatic hydroxyl groups is 1. The van der Waals surface area contributed by atoms with Gasteiger partial charge in [-0.1, -0.05) is 12.1 Å². The van der Waals surface area contributed by atoms with Crippen molar-refractivity contribution < 1.29 is 14.6 Å². The van der Waals surface area contributed by atoms with Gasteiger partial charge in [0, 0.05) is 23.6 Å². The summed E-state index contributed by atoms with van der Waals surface area (Å²) >= 11 is 3.38. The fourth-order valence-electron chi connectivity index (χ4n) is 3.87. The van der Waals surface area contributed by atoms with Gasteiger partial charge in [0.25, 0.3) is 5.91 Å². The highest BCUT2D eigenvalue weighted by molar-refractivity contribution is 8.00. The molecule has 0 spiro atoms. The van der Waals surface area contributed by atoms with Gasteiger partial charge in [-0.25, -0.2) is 4.98 Å². The first-order chi connectivity index (χ1) is 14.2. The molecule has 3 aromatic rings. The number of carbonyl (C=O) groups excluding carboxylic acids is 1. The number of hydrogen-bond donors (Lipinski definition) is 1. The number of amides is 1. The lowest BCUT2D eigenvalue weighted by Gasteiger charge is -2.28. The molecule has 2 saturated heterocycles. The van der Waals surface area contributed by atoms with E-state index in [4.69, 9.17) is 4.74 Å². The molecule has 1 aromatic heterocycles. The number of ether oxygens (including phenoxy) is 1. The summed E-state index contributed by atoms with van der Waals surface area (Å²) in [6.07, 6.45) is 1.19. The Hall–Kier alpha value is -2.09. The number of hydrogen-bond acceptors (Lipinski definition) is 6. The third kappa shape index (κ3) is 3.74. The number of para-hydroxylation sites is 1. The van der Waals surface area contributed by atoms with E-state index in [9.17, 15) is 9.90 Å². The van der Waals surface area contributed by atoms with Crippen LogP contribution in [-0.4, -0.2) is 51.1 Å². The van der Waals surface area contributed by atoms with Gasteiger partial charge in [0.15, 0.2) is 0 Å². The summed E-state index contributed by atoms with van der Waals surface area (Å²) in [4.78, 5) is 19.5. The standard InChI is InChI=1S/C22H22N2O3S2/c25-20(21-23-17-4-1-2-6-19(17)29-21)18-5-3-11-24(18)22(26)14-7-9-15(10-8-14)27-16-12-28-13-16/h1-2,4,6-10,16,18,20,25H,3,5,11-13H2/t18-,20+/m1/s1. The zero-order chi connectivity index (χ0) is 19.8. The van der Waals surface area contributed by atoms with Gasteiger partial charge in [-0.2, -0.15) is 11.8 Å². The van der Waals surface area contributed by atoms with Crippen LogP contribution in [0.1, 0.15) is 34.3 Å². The van der Waals surface area contributed by atoms with E-state index >= 15 is 0 Å². The van der Waals surface area contributed by atoms with E-state index in [1.54, 1.807) is 4.90 Å². The van der Waals surface area contributed by atoms with E-state index in [2.05, 4.69) is 4.98 Å². The SMILES string of the molecule is O=C(c1ccc(OC2CSC2)cc1)N1CCC[C@@H]1[C@H](O)c1nc2ccccc2s1. The van der Waals surface area contributed by atoms with E-state index in [-0.39, 0.29) is 18.1 Å². The third-order valence-corrected chi connectivity index (χ3v) is 7.82. The van der Waals surface area contributed by atoms with Gasteiger partial charge < -0.3 is 14.7 Å². The molecule has 2 atom stereocenters. The average molecular weight is 427 g/mol. The van der Waals surface area contributed by atoms with Crippen LogP contribution < -0.4 is 4.74 Å². The van der Waals surface area contributed by atoms with E-state index < -0.39 is 6.10 Å². The molecule has 150 valence electrons. The Kier molecular flexibility index (Phi) is 5.20. The Morgan fingerprint density at radius 2 is 1.97 bits per heavy atom. The van der Waals surface area contributed by atoms with Gasteiger partial charge in [0.2, 0.25) is 0 Å². The Bertz CT molecular complexity index is 983. The van der Waals surface area contributed by atoms with Crippen molar-refractivity contribution >= 4 is 39.2 Å². The highest BCUT2D eigenvalue weighted by atomic mass is 32.2. The number of thioether (sulfide) groups is 1. The number of fused-ring (bicyclic) bond motifs is 1. The molecule has 2 fully saturated rings. The van der Waals surface area contributed by atoms with Crippen molar-refractivity contribution in [2.24, 2.45) is 0 Å². The van der Waals surface area contributed by atoms with Crippen LogP contribution in [0.2, 0.25) is 0 Å². The van der Waals surface area contributed by atoms with E-state index in [0.717, 1.165) is 40.3 Å². The van der Waals surface area contributed by atoms with Gasteiger partial charge in [0.1, 0.15) is 23.0 Å². The zero-order valence-corrected chi connectivity index (χ0v) is 17.5. The van der Waals surface area contributed by atoms with Crippen LogP contribution in [0.25, 0.3) is 10.2 Å². The van der Waals surface area contributed by atoms with Gasteiger partial charge in [0.05, 0.1) is 16.3 Å². The zero-order valence-electron chi connectivity index (χ0n) is 15.9. The lowest BCUT2D eigenvalue weighted by atomic mass is 10.1. The number of likely N-dealkylation sites (tertiary alicyclic amines) is 1. The number of rotatable bonds is 5. The van der Waals surface area contributed by atoms with Crippen LogP contribution >= 0.6 is 23.1 Å². The monoisotopic (exact) mass is 426 g/mol. The summed E-state index contributed by atoms with van der Waals surface area (Å²) in [5, 5.41) is 11.7. The first-order valence-electron chi connectivity index (χ1n) is 9.88. The minimum absolute atomic E-state index is 0.0431. The van der Waals surface area contributed by atoms with Crippen LogP contribution in [0.4, 0.5) is 0 Å². The summed E-state index contributed by atoms with van der Waals surface area (Å²) in [6.45, 7) is 0.656. The molecule has 0 aliphatic carbocycles. The normalized spacial score (nSPS) is 20.6. The van der Waals surface area contributed by atoms with E-state index in [1.807, 2.05) is 60.3 Å². The largest absolute Gasteiger partial charge is 0.489 e. The summed E-state index contributed by atoms with van der Waals surface area (Å²) in [6, 6.07) is 15.0. The van der Waals surface area contributed by atoms with Crippen LogP contribution in [-0.2, 0) is 0 Å². The molecule has 0 radical (unpaired) electrons. The number of nitrogens with zero attached hydrogens (tertiary/aromatic N) is 2. The summed E-state index contributed by atoms with van der Waals surface area (Å²) in [5.74, 6) is 2.82. The molecule has 2 aliphatic heterocycles. The molecule has 0 unspecified atom stereocenters. The Morgan fingerprint density at radius 3 is 2.69 bits per heavy atom. The van der Waals surface area contributed by atoms with Gasteiger partial charge >= 0.3 is 0 Å². The van der Waals surface area contributed by atoms with Crippen molar-refractivity contribution in [1.82, 2.24) is 9.88 Å². The third-order valence-electron chi connectivity index (χ3n) is 5.50. The maximum atomic E-state index is 13.1. The molecule has 1 N–H and O–H groups in total. The topological polar surface area (TPSA) is 62.7 Å². The molecule has 29 heavy (non-hydrogen) atoms. The maximum absolute atomic E-state index is 13.1. The first kappa shape index (κ1) is 18.9. The van der Waals surface area contributed by atoms with Gasteiger partial charge in [-0.15, -0.1) is 11.3 Å². The summed E-state index contributed by atoms with van der Waals surface area (Å²) in [5.41, 5.74) is 1.52. The van der Waals surface area contributed by atoms with Crippen molar-refractivity contribution in [2.45, 2.75) is 31.1 Å². The van der Waals surface area contributed by atoms with Gasteiger partial charge in [-0.05, 0) is 49.2 Å². The minimum atomic E-state index is -0.766. The molecule has 0 saturated carbocycles. The molecular formula is C22H22N2O3S2. The van der Waals surface area contributed by atoms with Crippen LogP contribution in [0.15, 0.2) is 48.5 Å². The number of carbonyl (C=O) groups is 1. The predicted octanol–water partition coefficient (Wildman–Crippen LogP) is 4.13. The average Bonchev–Trinajstić information content (AvgIpc) is 3.37. The van der Waals surface area contributed by atoms with E-state index in [0.29, 0.717) is 17.1 Å². The second-order valence-electron chi connectivity index (χ2n) is 7.47. The number of aliphatic hydroxyl groups excluding tert-OH is 1. The Morgan fingerprint density at radius 1 is 1.17 bits per heavy atom. The van der Waals surface area contributed by atoms with Crippen molar-refractivity contribution in [3.05, 3.63) is 59.1 Å². The summed E-state index contributed by atoms with van der Waals surface area (Å²) in [7, 11) is 0. The Balaban J connectivity index is 1.32. The molecule has 0 bridgehead atoms. The first-order valence-corrected chi connectivity index (χ1v) is 11.8. The quantitative estimate of drug-likeness (QED) is 0.665. The minimum Gasteiger partial charge on any atom is -0.489 e.